The summed E-state index contributed by atoms with van der Waals surface area (Å²) < 4.78 is 27.4. The molecule has 23 heavy (non-hydrogen) atoms. The molecule has 1 heterocycles. The first-order valence-corrected chi connectivity index (χ1v) is 8.86. The minimum Gasteiger partial charge on any atom is -0.312 e. The van der Waals surface area contributed by atoms with Crippen LogP contribution in [0.3, 0.4) is 0 Å². The van der Waals surface area contributed by atoms with Crippen molar-refractivity contribution >= 4 is 27.3 Å². The zero-order chi connectivity index (χ0) is 16.6. The summed E-state index contributed by atoms with van der Waals surface area (Å²) in [6, 6.07) is 12.0. The van der Waals surface area contributed by atoms with Crippen LogP contribution < -0.4 is 9.62 Å². The van der Waals surface area contributed by atoms with Gasteiger partial charge in [0.1, 0.15) is 0 Å². The lowest BCUT2D eigenvalue weighted by molar-refractivity contribution is -0.116. The number of rotatable bonds is 3. The van der Waals surface area contributed by atoms with Gasteiger partial charge in [0, 0.05) is 24.8 Å². The van der Waals surface area contributed by atoms with Crippen LogP contribution >= 0.6 is 0 Å². The largest absolute Gasteiger partial charge is 0.312 e. The smallest absolute Gasteiger partial charge is 0.261 e. The van der Waals surface area contributed by atoms with Crippen molar-refractivity contribution in [3.63, 3.8) is 0 Å². The van der Waals surface area contributed by atoms with E-state index in [1.165, 1.54) is 6.92 Å². The van der Waals surface area contributed by atoms with E-state index in [0.717, 1.165) is 23.2 Å². The topological polar surface area (TPSA) is 66.5 Å². The Balaban J connectivity index is 1.87. The minimum atomic E-state index is -3.61. The van der Waals surface area contributed by atoms with Gasteiger partial charge in [0.15, 0.2) is 0 Å². The maximum Gasteiger partial charge on any atom is 0.261 e. The van der Waals surface area contributed by atoms with Crippen LogP contribution in [0.5, 0.6) is 0 Å². The van der Waals surface area contributed by atoms with Crippen molar-refractivity contribution in [2.45, 2.75) is 25.2 Å². The van der Waals surface area contributed by atoms with Gasteiger partial charge in [-0.15, -0.1) is 0 Å². The molecule has 0 fully saturated rings. The second-order valence-electron chi connectivity index (χ2n) is 5.68. The van der Waals surface area contributed by atoms with Crippen LogP contribution in [-0.4, -0.2) is 20.9 Å². The van der Waals surface area contributed by atoms with Crippen molar-refractivity contribution in [1.29, 1.82) is 0 Å². The summed E-state index contributed by atoms with van der Waals surface area (Å²) in [5.41, 5.74) is 3.35. The first-order valence-electron chi connectivity index (χ1n) is 7.37. The molecule has 5 nitrogen and oxygen atoms in total. The zero-order valence-corrected chi connectivity index (χ0v) is 13.9. The van der Waals surface area contributed by atoms with Gasteiger partial charge < -0.3 is 4.90 Å². The molecule has 1 amide bonds. The number of sulfonamides is 1. The summed E-state index contributed by atoms with van der Waals surface area (Å²) in [7, 11) is -3.61. The third-order valence-electron chi connectivity index (χ3n) is 3.94. The molecule has 0 saturated heterocycles. The number of carbonyl (C=O) groups is 1. The third-order valence-corrected chi connectivity index (χ3v) is 5.34. The van der Waals surface area contributed by atoms with Crippen molar-refractivity contribution < 1.29 is 13.2 Å². The summed E-state index contributed by atoms with van der Waals surface area (Å²) in [4.78, 5) is 13.5. The van der Waals surface area contributed by atoms with Gasteiger partial charge in [0.05, 0.1) is 4.90 Å². The second-order valence-corrected chi connectivity index (χ2v) is 7.37. The number of hydrogen-bond acceptors (Lipinski definition) is 3. The van der Waals surface area contributed by atoms with Gasteiger partial charge in [-0.05, 0) is 49.2 Å². The molecule has 0 bridgehead atoms. The number of hydrogen-bond donors (Lipinski definition) is 1. The number of carbonyl (C=O) groups excluding carboxylic acids is 1. The summed E-state index contributed by atoms with van der Waals surface area (Å²) >= 11 is 0. The molecule has 1 aliphatic rings. The summed E-state index contributed by atoms with van der Waals surface area (Å²) in [5.74, 6) is -0.00302. The third kappa shape index (κ3) is 3.07. The van der Waals surface area contributed by atoms with E-state index in [-0.39, 0.29) is 10.8 Å². The average molecular weight is 330 g/mol. The number of nitrogens with one attached hydrogen (secondary N) is 1. The summed E-state index contributed by atoms with van der Waals surface area (Å²) in [6.07, 6.45) is 0.731. The molecule has 2 aromatic rings. The number of amides is 1. The lowest BCUT2D eigenvalue weighted by Gasteiger charge is -2.15. The van der Waals surface area contributed by atoms with E-state index in [1.54, 1.807) is 47.4 Å². The highest BCUT2D eigenvalue weighted by atomic mass is 32.2. The summed E-state index contributed by atoms with van der Waals surface area (Å²) in [5, 5.41) is 0. The van der Waals surface area contributed by atoms with Crippen LogP contribution in [0.15, 0.2) is 47.4 Å². The number of nitrogens with zero attached hydrogens (tertiary/aromatic N) is 1. The summed E-state index contributed by atoms with van der Waals surface area (Å²) in [6.45, 7) is 4.08. The fourth-order valence-electron chi connectivity index (χ4n) is 2.72. The number of benzene rings is 2. The molecule has 1 N–H and O–H groups in total. The molecular formula is C17H18N2O3S. The Morgan fingerprint density at radius 3 is 2.48 bits per heavy atom. The van der Waals surface area contributed by atoms with Crippen LogP contribution in [0.4, 0.5) is 11.4 Å². The van der Waals surface area contributed by atoms with E-state index in [2.05, 4.69) is 4.72 Å². The first-order chi connectivity index (χ1) is 10.9. The van der Waals surface area contributed by atoms with Crippen LogP contribution in [0, 0.1) is 6.92 Å². The van der Waals surface area contributed by atoms with Gasteiger partial charge in [-0.1, -0.05) is 17.7 Å². The predicted molar refractivity (Wildman–Crippen MR) is 90.2 cm³/mol. The van der Waals surface area contributed by atoms with Crippen molar-refractivity contribution in [3.8, 4) is 0 Å². The molecule has 120 valence electrons. The molecule has 0 aromatic heterocycles. The fourth-order valence-corrected chi connectivity index (χ4v) is 3.77. The molecule has 2 aromatic carbocycles. The fraction of sp³-hybridized carbons (Fsp3) is 0.235. The first kappa shape index (κ1) is 15.6. The Morgan fingerprint density at radius 1 is 1.13 bits per heavy atom. The maximum absolute atomic E-state index is 12.4. The molecular weight excluding hydrogens is 312 g/mol. The molecule has 6 heteroatoms. The van der Waals surface area contributed by atoms with Crippen molar-refractivity contribution in [2.24, 2.45) is 0 Å². The van der Waals surface area contributed by atoms with E-state index >= 15 is 0 Å². The molecule has 0 aliphatic carbocycles. The van der Waals surface area contributed by atoms with Crippen LogP contribution in [-0.2, 0) is 21.2 Å². The second kappa shape index (κ2) is 5.70. The predicted octanol–water partition coefficient (Wildman–Crippen LogP) is 2.70. The van der Waals surface area contributed by atoms with E-state index in [1.807, 2.05) is 6.92 Å². The van der Waals surface area contributed by atoms with Crippen LogP contribution in [0.25, 0.3) is 0 Å². The van der Waals surface area contributed by atoms with E-state index in [0.29, 0.717) is 12.2 Å². The van der Waals surface area contributed by atoms with Gasteiger partial charge in [-0.3, -0.25) is 9.52 Å². The molecule has 3 rings (SSSR count). The highest BCUT2D eigenvalue weighted by Gasteiger charge is 2.23. The Morgan fingerprint density at radius 2 is 1.83 bits per heavy atom. The monoisotopic (exact) mass is 330 g/mol. The molecule has 0 radical (unpaired) electrons. The normalized spacial score (nSPS) is 13.7. The zero-order valence-electron chi connectivity index (χ0n) is 13.0. The van der Waals surface area contributed by atoms with E-state index in [9.17, 15) is 13.2 Å². The Hall–Kier alpha value is -2.34. The lowest BCUT2D eigenvalue weighted by atomic mass is 10.1. The van der Waals surface area contributed by atoms with Gasteiger partial charge in [-0.25, -0.2) is 8.42 Å². The van der Waals surface area contributed by atoms with Gasteiger partial charge in [0.2, 0.25) is 5.91 Å². The highest BCUT2D eigenvalue weighted by molar-refractivity contribution is 7.92. The average Bonchev–Trinajstić information content (AvgIpc) is 2.90. The highest BCUT2D eigenvalue weighted by Crippen LogP contribution is 2.31. The Labute approximate surface area is 136 Å². The van der Waals surface area contributed by atoms with Gasteiger partial charge >= 0.3 is 0 Å². The van der Waals surface area contributed by atoms with Crippen molar-refractivity contribution in [3.05, 3.63) is 53.6 Å². The molecule has 0 unspecified atom stereocenters. The SMILES string of the molecule is CC(=O)N1CCc2cc(NS(=O)(=O)c3ccc(C)cc3)ccc21. The van der Waals surface area contributed by atoms with E-state index < -0.39 is 10.0 Å². The molecule has 0 atom stereocenters. The lowest BCUT2D eigenvalue weighted by Crippen LogP contribution is -2.25. The molecule has 0 saturated carbocycles. The molecule has 1 aliphatic heterocycles. The van der Waals surface area contributed by atoms with Crippen molar-refractivity contribution in [2.75, 3.05) is 16.2 Å². The van der Waals surface area contributed by atoms with Crippen LogP contribution in [0.2, 0.25) is 0 Å². The number of aryl methyl sites for hydroxylation is 1. The van der Waals surface area contributed by atoms with Crippen LogP contribution in [0.1, 0.15) is 18.1 Å². The number of fused-ring (bicyclic) bond motifs is 1. The van der Waals surface area contributed by atoms with Gasteiger partial charge in [-0.2, -0.15) is 0 Å². The Bertz CT molecular complexity index is 858. The van der Waals surface area contributed by atoms with E-state index in [4.69, 9.17) is 0 Å². The van der Waals surface area contributed by atoms with Gasteiger partial charge in [0.25, 0.3) is 10.0 Å². The minimum absolute atomic E-state index is 0.00302. The quantitative estimate of drug-likeness (QED) is 0.941. The number of anilines is 2. The van der Waals surface area contributed by atoms with Crippen molar-refractivity contribution in [1.82, 2.24) is 0 Å². The molecule has 0 spiro atoms. The Kier molecular flexibility index (Phi) is 3.85. The maximum atomic E-state index is 12.4. The standard InChI is InChI=1S/C17H18N2O3S/c1-12-3-6-16(7-4-12)23(21,22)18-15-5-8-17-14(11-15)9-10-19(17)13(2)20/h3-8,11,18H,9-10H2,1-2H3.